The van der Waals surface area contributed by atoms with Crippen molar-refractivity contribution in [3.63, 3.8) is 0 Å². The van der Waals surface area contributed by atoms with Crippen LogP contribution in [-0.4, -0.2) is 35.3 Å². The van der Waals surface area contributed by atoms with Gasteiger partial charge in [-0.2, -0.15) is 0 Å². The van der Waals surface area contributed by atoms with Gasteiger partial charge in [0.15, 0.2) is 5.78 Å². The second-order valence-corrected chi connectivity index (χ2v) is 5.48. The maximum atomic E-state index is 12.2. The van der Waals surface area contributed by atoms with Gasteiger partial charge in [0.2, 0.25) is 0 Å². The predicted octanol–water partition coefficient (Wildman–Crippen LogP) is 2.62. The van der Waals surface area contributed by atoms with Crippen LogP contribution >= 0.6 is 0 Å². The normalized spacial score (nSPS) is 13.3. The first-order chi connectivity index (χ1) is 11.1. The zero-order valence-electron chi connectivity index (χ0n) is 13.2. The number of hydrogen-bond acceptors (Lipinski definition) is 4. The van der Waals surface area contributed by atoms with Gasteiger partial charge in [-0.05, 0) is 49.1 Å². The third-order valence-corrected chi connectivity index (χ3v) is 3.82. The monoisotopic (exact) mass is 314 g/mol. The minimum Gasteiger partial charge on any atom is -0.497 e. The molecule has 0 amide bonds. The van der Waals surface area contributed by atoms with Gasteiger partial charge in [-0.1, -0.05) is 30.3 Å². The SMILES string of the molecule is COc1ccc(C(=O)[C@H](O)[C@H](O)CCCc2ccccc2)cc1. The molecule has 2 N–H and O–H groups in total. The van der Waals surface area contributed by atoms with Crippen molar-refractivity contribution in [1.29, 1.82) is 0 Å². The summed E-state index contributed by atoms with van der Waals surface area (Å²) in [6.07, 6.45) is -0.579. The van der Waals surface area contributed by atoms with E-state index in [0.717, 1.165) is 6.42 Å². The summed E-state index contributed by atoms with van der Waals surface area (Å²) in [5.41, 5.74) is 1.54. The van der Waals surface area contributed by atoms with Gasteiger partial charge in [-0.15, -0.1) is 0 Å². The highest BCUT2D eigenvalue weighted by Gasteiger charge is 2.24. The molecule has 0 heterocycles. The molecule has 0 bridgehead atoms. The quantitative estimate of drug-likeness (QED) is 0.735. The van der Waals surface area contributed by atoms with Gasteiger partial charge in [-0.3, -0.25) is 4.79 Å². The first kappa shape index (κ1) is 17.2. The molecule has 0 unspecified atom stereocenters. The van der Waals surface area contributed by atoms with Gasteiger partial charge in [0, 0.05) is 5.56 Å². The molecule has 4 nitrogen and oxygen atoms in total. The second kappa shape index (κ2) is 8.46. The van der Waals surface area contributed by atoms with Crippen molar-refractivity contribution in [3.8, 4) is 5.75 Å². The number of carbonyl (C=O) groups is 1. The minimum atomic E-state index is -1.40. The first-order valence-electron chi connectivity index (χ1n) is 7.70. The van der Waals surface area contributed by atoms with Crippen molar-refractivity contribution in [2.75, 3.05) is 7.11 Å². The van der Waals surface area contributed by atoms with E-state index in [9.17, 15) is 15.0 Å². The van der Waals surface area contributed by atoms with Crippen LogP contribution in [0.3, 0.4) is 0 Å². The van der Waals surface area contributed by atoms with Crippen molar-refractivity contribution in [3.05, 3.63) is 65.7 Å². The van der Waals surface area contributed by atoms with Gasteiger partial charge in [-0.25, -0.2) is 0 Å². The van der Waals surface area contributed by atoms with Crippen LogP contribution in [0.15, 0.2) is 54.6 Å². The molecule has 0 aliphatic heterocycles. The van der Waals surface area contributed by atoms with E-state index in [1.807, 2.05) is 30.3 Å². The van der Waals surface area contributed by atoms with E-state index in [4.69, 9.17) is 4.74 Å². The van der Waals surface area contributed by atoms with Crippen LogP contribution in [-0.2, 0) is 6.42 Å². The summed E-state index contributed by atoms with van der Waals surface area (Å²) in [5, 5.41) is 20.1. The summed E-state index contributed by atoms with van der Waals surface area (Å²) in [4.78, 5) is 12.2. The van der Waals surface area contributed by atoms with Crippen molar-refractivity contribution in [1.82, 2.24) is 0 Å². The van der Waals surface area contributed by atoms with Crippen molar-refractivity contribution < 1.29 is 19.7 Å². The van der Waals surface area contributed by atoms with Gasteiger partial charge in [0.05, 0.1) is 13.2 Å². The molecule has 0 aliphatic rings. The molecule has 23 heavy (non-hydrogen) atoms. The Labute approximate surface area is 136 Å². The fraction of sp³-hybridized carbons (Fsp3) is 0.316. The number of ketones is 1. The minimum absolute atomic E-state index is 0.361. The fourth-order valence-electron chi connectivity index (χ4n) is 2.42. The molecule has 122 valence electrons. The van der Waals surface area contributed by atoms with Gasteiger partial charge < -0.3 is 14.9 Å². The van der Waals surface area contributed by atoms with Crippen LogP contribution in [0.4, 0.5) is 0 Å². The second-order valence-electron chi connectivity index (χ2n) is 5.48. The number of benzene rings is 2. The van der Waals surface area contributed by atoms with Crippen LogP contribution < -0.4 is 4.74 Å². The molecule has 0 radical (unpaired) electrons. The molecule has 0 aliphatic carbocycles. The van der Waals surface area contributed by atoms with Gasteiger partial charge in [0.25, 0.3) is 0 Å². The van der Waals surface area contributed by atoms with Gasteiger partial charge >= 0.3 is 0 Å². The van der Waals surface area contributed by atoms with Crippen LogP contribution in [0.2, 0.25) is 0 Å². The summed E-state index contributed by atoms with van der Waals surface area (Å²) >= 11 is 0. The largest absolute Gasteiger partial charge is 0.497 e. The maximum absolute atomic E-state index is 12.2. The zero-order chi connectivity index (χ0) is 16.7. The molecule has 2 rings (SSSR count). The Morgan fingerprint density at radius 2 is 1.70 bits per heavy atom. The smallest absolute Gasteiger partial charge is 0.193 e. The lowest BCUT2D eigenvalue weighted by Crippen LogP contribution is -2.34. The number of carbonyl (C=O) groups excluding carboxylic acids is 1. The lowest BCUT2D eigenvalue weighted by Gasteiger charge is -2.17. The third kappa shape index (κ3) is 4.91. The van der Waals surface area contributed by atoms with E-state index in [0.29, 0.717) is 24.2 Å². The van der Waals surface area contributed by atoms with Crippen LogP contribution in [0, 0.1) is 0 Å². The topological polar surface area (TPSA) is 66.8 Å². The molecule has 2 aromatic carbocycles. The molecule has 0 saturated carbocycles. The number of ether oxygens (including phenoxy) is 1. The van der Waals surface area contributed by atoms with Crippen molar-refractivity contribution in [2.45, 2.75) is 31.5 Å². The van der Waals surface area contributed by atoms with Crippen LogP contribution in [0.5, 0.6) is 5.75 Å². The highest BCUT2D eigenvalue weighted by molar-refractivity contribution is 5.99. The molecule has 0 saturated heterocycles. The Balaban J connectivity index is 1.85. The lowest BCUT2D eigenvalue weighted by atomic mass is 9.97. The predicted molar refractivity (Wildman–Crippen MR) is 88.7 cm³/mol. The number of aliphatic hydroxyl groups excluding tert-OH is 2. The summed E-state index contributed by atoms with van der Waals surface area (Å²) in [5.74, 6) is 0.166. The van der Waals surface area contributed by atoms with E-state index >= 15 is 0 Å². The van der Waals surface area contributed by atoms with E-state index in [-0.39, 0.29) is 0 Å². The Morgan fingerprint density at radius 1 is 1.04 bits per heavy atom. The summed E-state index contributed by atoms with van der Waals surface area (Å²) in [7, 11) is 1.54. The van der Waals surface area contributed by atoms with Crippen LogP contribution in [0.1, 0.15) is 28.8 Å². The van der Waals surface area contributed by atoms with E-state index in [2.05, 4.69) is 0 Å². The maximum Gasteiger partial charge on any atom is 0.193 e. The first-order valence-corrected chi connectivity index (χ1v) is 7.70. The molecule has 0 fully saturated rings. The number of rotatable bonds is 8. The number of aryl methyl sites for hydroxylation is 1. The number of aliphatic hydroxyl groups is 2. The average Bonchev–Trinajstić information content (AvgIpc) is 2.61. The van der Waals surface area contributed by atoms with Crippen LogP contribution in [0.25, 0.3) is 0 Å². The van der Waals surface area contributed by atoms with E-state index < -0.39 is 18.0 Å². The molecule has 4 heteroatoms. The number of Topliss-reactive ketones (excluding diaryl/α,β-unsaturated/α-hetero) is 1. The number of hydrogen-bond donors (Lipinski definition) is 2. The average molecular weight is 314 g/mol. The Bertz CT molecular complexity index is 607. The molecular weight excluding hydrogens is 292 g/mol. The highest BCUT2D eigenvalue weighted by Crippen LogP contribution is 2.16. The molecule has 2 aromatic rings. The standard InChI is InChI=1S/C19H22O4/c1-23-16-12-10-15(11-13-16)18(21)19(22)17(20)9-5-8-14-6-3-2-4-7-14/h2-4,6-7,10-13,17,19-20,22H,5,8-9H2,1H3/t17-,19-/m1/s1. The number of methoxy groups -OCH3 is 1. The molecule has 0 spiro atoms. The van der Waals surface area contributed by atoms with E-state index in [1.54, 1.807) is 31.4 Å². The molecule has 2 atom stereocenters. The summed E-state index contributed by atoms with van der Waals surface area (Å²) in [6, 6.07) is 16.4. The Morgan fingerprint density at radius 3 is 2.30 bits per heavy atom. The van der Waals surface area contributed by atoms with Crippen molar-refractivity contribution >= 4 is 5.78 Å². The molecular formula is C19H22O4. The summed E-state index contributed by atoms with van der Waals surface area (Å²) in [6.45, 7) is 0. The Hall–Kier alpha value is -2.17. The van der Waals surface area contributed by atoms with Crippen molar-refractivity contribution in [2.24, 2.45) is 0 Å². The third-order valence-electron chi connectivity index (χ3n) is 3.82. The van der Waals surface area contributed by atoms with Gasteiger partial charge in [0.1, 0.15) is 11.9 Å². The fourth-order valence-corrected chi connectivity index (χ4v) is 2.42. The molecule has 0 aromatic heterocycles. The summed E-state index contributed by atoms with van der Waals surface area (Å²) < 4.78 is 5.03. The Kier molecular flexibility index (Phi) is 6.32. The van der Waals surface area contributed by atoms with E-state index in [1.165, 1.54) is 5.56 Å². The lowest BCUT2D eigenvalue weighted by molar-refractivity contribution is 0.0171. The zero-order valence-corrected chi connectivity index (χ0v) is 13.2. The highest BCUT2D eigenvalue weighted by atomic mass is 16.5.